The summed E-state index contributed by atoms with van der Waals surface area (Å²) in [6.45, 7) is 0. The number of carbonyl (C=O) groups excluding carboxylic acids is 1. The molecule has 1 amide bonds. The third kappa shape index (κ3) is 5.20. The van der Waals surface area contributed by atoms with Crippen molar-refractivity contribution in [3.63, 3.8) is 0 Å². The molecule has 0 aliphatic heterocycles. The van der Waals surface area contributed by atoms with Gasteiger partial charge in [0.1, 0.15) is 11.5 Å². The third-order valence-electron chi connectivity index (χ3n) is 4.00. The van der Waals surface area contributed by atoms with Gasteiger partial charge >= 0.3 is 0 Å². The molecule has 0 heterocycles. The molecule has 0 saturated carbocycles. The highest BCUT2D eigenvalue weighted by atomic mass is 16.5. The number of nitrogens with one attached hydrogen (secondary N) is 1. The molecule has 2 rings (SSSR count). The molecular weight excluding hydrogens is 350 g/mol. The van der Waals surface area contributed by atoms with Crippen LogP contribution in [0.1, 0.15) is 12.0 Å². The van der Waals surface area contributed by atoms with Crippen LogP contribution in [0.4, 0.5) is 5.69 Å². The van der Waals surface area contributed by atoms with Crippen molar-refractivity contribution in [2.45, 2.75) is 12.8 Å². The van der Waals surface area contributed by atoms with Gasteiger partial charge in [-0.1, -0.05) is 0 Å². The number of aryl methyl sites for hydroxylation is 1. The second-order valence-corrected chi connectivity index (χ2v) is 5.68. The molecule has 0 atom stereocenters. The summed E-state index contributed by atoms with van der Waals surface area (Å²) in [4.78, 5) is 12.3. The standard InChI is InChI=1S/C20H25NO6/c1-23-15-10-14(11-16(12-15)24-2)21-19(22)7-6-13-8-17(25-3)20(27-5)18(9-13)26-4/h8-12H,6-7H2,1-5H3,(H,21,22). The summed E-state index contributed by atoms with van der Waals surface area (Å²) in [5.74, 6) is 2.73. The topological polar surface area (TPSA) is 75.3 Å². The molecule has 2 aromatic rings. The van der Waals surface area contributed by atoms with E-state index in [9.17, 15) is 4.79 Å². The molecule has 0 aromatic heterocycles. The van der Waals surface area contributed by atoms with Crippen LogP contribution >= 0.6 is 0 Å². The Bertz CT molecular complexity index is 743. The Hall–Kier alpha value is -3.09. The average Bonchev–Trinajstić information content (AvgIpc) is 2.70. The fraction of sp³-hybridized carbons (Fsp3) is 0.350. The fourth-order valence-electron chi connectivity index (χ4n) is 2.64. The van der Waals surface area contributed by atoms with Crippen molar-refractivity contribution in [3.05, 3.63) is 35.9 Å². The highest BCUT2D eigenvalue weighted by Gasteiger charge is 2.14. The molecule has 0 radical (unpaired) electrons. The first-order valence-corrected chi connectivity index (χ1v) is 8.36. The van der Waals surface area contributed by atoms with Crippen LogP contribution in [-0.4, -0.2) is 41.5 Å². The van der Waals surface area contributed by atoms with E-state index in [0.717, 1.165) is 5.56 Å². The molecule has 7 heteroatoms. The smallest absolute Gasteiger partial charge is 0.224 e. The maximum absolute atomic E-state index is 12.3. The lowest BCUT2D eigenvalue weighted by atomic mass is 10.1. The summed E-state index contributed by atoms with van der Waals surface area (Å²) < 4.78 is 26.4. The molecule has 0 unspecified atom stereocenters. The monoisotopic (exact) mass is 375 g/mol. The summed E-state index contributed by atoms with van der Waals surface area (Å²) in [7, 11) is 7.79. The van der Waals surface area contributed by atoms with Gasteiger partial charge in [0.2, 0.25) is 11.7 Å². The summed E-state index contributed by atoms with van der Waals surface area (Å²) in [5.41, 5.74) is 1.52. The number of hydrogen-bond donors (Lipinski definition) is 1. The predicted octanol–water partition coefficient (Wildman–Crippen LogP) is 3.30. The SMILES string of the molecule is COc1cc(NC(=O)CCc2cc(OC)c(OC)c(OC)c2)cc(OC)c1. The number of methoxy groups -OCH3 is 5. The Kier molecular flexibility index (Phi) is 7.16. The van der Waals surface area contributed by atoms with E-state index in [1.165, 1.54) is 0 Å². The van der Waals surface area contributed by atoms with Gasteiger partial charge in [-0.3, -0.25) is 4.79 Å². The first-order chi connectivity index (χ1) is 13.0. The summed E-state index contributed by atoms with van der Waals surface area (Å²) in [6, 6.07) is 8.89. The second-order valence-electron chi connectivity index (χ2n) is 5.68. The Labute approximate surface area is 159 Å². The Morgan fingerprint density at radius 1 is 0.778 bits per heavy atom. The summed E-state index contributed by atoms with van der Waals surface area (Å²) >= 11 is 0. The second kappa shape index (κ2) is 9.56. The zero-order chi connectivity index (χ0) is 19.8. The van der Waals surface area contributed by atoms with Gasteiger partial charge in [-0.15, -0.1) is 0 Å². The van der Waals surface area contributed by atoms with Crippen molar-refractivity contribution in [2.75, 3.05) is 40.9 Å². The van der Waals surface area contributed by atoms with Gasteiger partial charge in [-0.2, -0.15) is 0 Å². The number of amides is 1. The molecular formula is C20H25NO6. The van der Waals surface area contributed by atoms with Crippen molar-refractivity contribution >= 4 is 11.6 Å². The first kappa shape index (κ1) is 20.2. The third-order valence-corrected chi connectivity index (χ3v) is 4.00. The van der Waals surface area contributed by atoms with Crippen molar-refractivity contribution in [2.24, 2.45) is 0 Å². The Balaban J connectivity index is 2.07. The van der Waals surface area contributed by atoms with Crippen LogP contribution in [0.15, 0.2) is 30.3 Å². The molecule has 0 spiro atoms. The van der Waals surface area contributed by atoms with Gasteiger partial charge in [0, 0.05) is 30.3 Å². The van der Waals surface area contributed by atoms with Crippen LogP contribution < -0.4 is 29.0 Å². The fourth-order valence-corrected chi connectivity index (χ4v) is 2.64. The Morgan fingerprint density at radius 2 is 1.33 bits per heavy atom. The van der Waals surface area contributed by atoms with E-state index in [0.29, 0.717) is 40.9 Å². The van der Waals surface area contributed by atoms with Crippen LogP contribution in [0.25, 0.3) is 0 Å². The van der Waals surface area contributed by atoms with E-state index in [2.05, 4.69) is 5.32 Å². The van der Waals surface area contributed by atoms with Crippen molar-refractivity contribution in [1.29, 1.82) is 0 Å². The molecule has 0 bridgehead atoms. The molecule has 2 aromatic carbocycles. The minimum Gasteiger partial charge on any atom is -0.497 e. The highest BCUT2D eigenvalue weighted by molar-refractivity contribution is 5.91. The van der Waals surface area contributed by atoms with E-state index in [4.69, 9.17) is 23.7 Å². The van der Waals surface area contributed by atoms with Gasteiger partial charge in [-0.25, -0.2) is 0 Å². The van der Waals surface area contributed by atoms with Gasteiger partial charge in [0.25, 0.3) is 0 Å². The minimum absolute atomic E-state index is 0.126. The number of rotatable bonds is 9. The number of anilines is 1. The van der Waals surface area contributed by atoms with Crippen molar-refractivity contribution in [3.8, 4) is 28.7 Å². The van der Waals surface area contributed by atoms with E-state index < -0.39 is 0 Å². The van der Waals surface area contributed by atoms with E-state index in [1.54, 1.807) is 53.7 Å². The lowest BCUT2D eigenvalue weighted by molar-refractivity contribution is -0.116. The first-order valence-electron chi connectivity index (χ1n) is 8.36. The maximum atomic E-state index is 12.3. The van der Waals surface area contributed by atoms with Crippen molar-refractivity contribution in [1.82, 2.24) is 0 Å². The summed E-state index contributed by atoms with van der Waals surface area (Å²) in [5, 5.41) is 2.86. The lowest BCUT2D eigenvalue weighted by Gasteiger charge is -2.14. The quantitative estimate of drug-likeness (QED) is 0.725. The summed E-state index contributed by atoms with van der Waals surface area (Å²) in [6.07, 6.45) is 0.807. The van der Waals surface area contributed by atoms with Crippen LogP contribution in [0, 0.1) is 0 Å². The zero-order valence-corrected chi connectivity index (χ0v) is 16.3. The van der Waals surface area contributed by atoms with Gasteiger partial charge in [-0.05, 0) is 24.1 Å². The molecule has 1 N–H and O–H groups in total. The Morgan fingerprint density at radius 3 is 1.78 bits per heavy atom. The number of carbonyl (C=O) groups is 1. The zero-order valence-electron chi connectivity index (χ0n) is 16.3. The van der Waals surface area contributed by atoms with E-state index >= 15 is 0 Å². The maximum Gasteiger partial charge on any atom is 0.224 e. The lowest BCUT2D eigenvalue weighted by Crippen LogP contribution is -2.12. The molecule has 0 aliphatic rings. The van der Waals surface area contributed by atoms with Gasteiger partial charge in [0.15, 0.2) is 11.5 Å². The van der Waals surface area contributed by atoms with Crippen LogP contribution in [-0.2, 0) is 11.2 Å². The largest absolute Gasteiger partial charge is 0.497 e. The van der Waals surface area contributed by atoms with Gasteiger partial charge < -0.3 is 29.0 Å². The van der Waals surface area contributed by atoms with Crippen molar-refractivity contribution < 1.29 is 28.5 Å². The van der Waals surface area contributed by atoms with Crippen LogP contribution in [0.3, 0.4) is 0 Å². The normalized spacial score (nSPS) is 10.1. The minimum atomic E-state index is -0.126. The molecule has 146 valence electrons. The number of ether oxygens (including phenoxy) is 5. The predicted molar refractivity (Wildman–Crippen MR) is 103 cm³/mol. The van der Waals surface area contributed by atoms with E-state index in [-0.39, 0.29) is 12.3 Å². The molecule has 27 heavy (non-hydrogen) atoms. The number of hydrogen-bond acceptors (Lipinski definition) is 6. The highest BCUT2D eigenvalue weighted by Crippen LogP contribution is 2.38. The number of benzene rings is 2. The molecule has 7 nitrogen and oxygen atoms in total. The molecule has 0 saturated heterocycles. The molecule has 0 aliphatic carbocycles. The van der Waals surface area contributed by atoms with Gasteiger partial charge in [0.05, 0.1) is 35.5 Å². The molecule has 0 fully saturated rings. The van der Waals surface area contributed by atoms with Crippen LogP contribution in [0.5, 0.6) is 28.7 Å². The van der Waals surface area contributed by atoms with E-state index in [1.807, 2.05) is 12.1 Å². The van der Waals surface area contributed by atoms with Crippen LogP contribution in [0.2, 0.25) is 0 Å². The average molecular weight is 375 g/mol.